The number of nitrogens with zero attached hydrogens (tertiary/aromatic N) is 1. The van der Waals surface area contributed by atoms with E-state index in [2.05, 4.69) is 0 Å². The summed E-state index contributed by atoms with van der Waals surface area (Å²) in [6.45, 7) is 0.507. The summed E-state index contributed by atoms with van der Waals surface area (Å²) in [4.78, 5) is 14.2. The largest absolute Gasteiger partial charge is 0.451 e. The zero-order chi connectivity index (χ0) is 13.4. The number of carbonyl (C=O) groups excluding carboxylic acids is 1. The van der Waals surface area contributed by atoms with E-state index in [-0.39, 0.29) is 11.9 Å². The first-order valence-electron chi connectivity index (χ1n) is 6.66. The summed E-state index contributed by atoms with van der Waals surface area (Å²) < 4.78 is 5.61. The molecule has 1 aliphatic rings. The summed E-state index contributed by atoms with van der Waals surface area (Å²) in [5.41, 5.74) is 6.53. The van der Waals surface area contributed by atoms with E-state index in [1.54, 1.807) is 11.0 Å². The van der Waals surface area contributed by atoms with Crippen LogP contribution in [0.3, 0.4) is 0 Å². The Hall–Kier alpha value is -1.81. The van der Waals surface area contributed by atoms with Crippen LogP contribution in [0.2, 0.25) is 0 Å². The summed E-state index contributed by atoms with van der Waals surface area (Å²) >= 11 is 0. The van der Waals surface area contributed by atoms with Crippen LogP contribution in [0.4, 0.5) is 0 Å². The maximum Gasteiger partial charge on any atom is 0.289 e. The van der Waals surface area contributed by atoms with E-state index >= 15 is 0 Å². The van der Waals surface area contributed by atoms with Crippen molar-refractivity contribution in [1.82, 2.24) is 4.90 Å². The first-order chi connectivity index (χ1) is 9.20. The molecule has 19 heavy (non-hydrogen) atoms. The third-order valence-corrected chi connectivity index (χ3v) is 3.86. The van der Waals surface area contributed by atoms with Crippen molar-refractivity contribution in [2.75, 3.05) is 13.6 Å². The SMILES string of the molecule is CN(C(=O)c1cc2ccccc2o1)C(CN)C1CC1. The molecule has 2 aromatic rings. The zero-order valence-electron chi connectivity index (χ0n) is 11.0. The number of furan rings is 1. The van der Waals surface area contributed by atoms with Gasteiger partial charge in [-0.15, -0.1) is 0 Å². The number of benzene rings is 1. The van der Waals surface area contributed by atoms with E-state index in [1.807, 2.05) is 31.3 Å². The molecular weight excluding hydrogens is 240 g/mol. The molecule has 1 atom stereocenters. The second-order valence-corrected chi connectivity index (χ2v) is 5.21. The van der Waals surface area contributed by atoms with Gasteiger partial charge >= 0.3 is 0 Å². The molecule has 2 N–H and O–H groups in total. The first kappa shape index (κ1) is 12.2. The minimum atomic E-state index is -0.0847. The second kappa shape index (κ2) is 4.70. The molecular formula is C15H18N2O2. The minimum absolute atomic E-state index is 0.0847. The lowest BCUT2D eigenvalue weighted by Gasteiger charge is -2.26. The van der Waals surface area contributed by atoms with Gasteiger partial charge in [0.2, 0.25) is 0 Å². The van der Waals surface area contributed by atoms with Gasteiger partial charge in [-0.1, -0.05) is 18.2 Å². The van der Waals surface area contributed by atoms with Crippen molar-refractivity contribution in [2.45, 2.75) is 18.9 Å². The third kappa shape index (κ3) is 2.24. The van der Waals surface area contributed by atoms with Crippen molar-refractivity contribution in [3.8, 4) is 0 Å². The Bertz CT molecular complexity index is 568. The van der Waals surface area contributed by atoms with Crippen molar-refractivity contribution in [1.29, 1.82) is 0 Å². The summed E-state index contributed by atoms with van der Waals surface area (Å²) in [6, 6.07) is 9.57. The van der Waals surface area contributed by atoms with Crippen molar-refractivity contribution >= 4 is 16.9 Å². The number of carbonyl (C=O) groups is 1. The molecule has 1 heterocycles. The monoisotopic (exact) mass is 258 g/mol. The standard InChI is InChI=1S/C15H18N2O2/c1-17(12(9-16)10-6-7-10)15(18)14-8-11-4-2-3-5-13(11)19-14/h2-5,8,10,12H,6-7,9,16H2,1H3. The molecule has 1 saturated carbocycles. The smallest absolute Gasteiger partial charge is 0.289 e. The average molecular weight is 258 g/mol. The van der Waals surface area contributed by atoms with E-state index in [9.17, 15) is 4.79 Å². The number of amides is 1. The molecule has 1 aliphatic carbocycles. The Kier molecular flexibility index (Phi) is 3.03. The van der Waals surface area contributed by atoms with E-state index in [4.69, 9.17) is 10.2 Å². The number of rotatable bonds is 4. The van der Waals surface area contributed by atoms with Crippen LogP contribution in [0.25, 0.3) is 11.0 Å². The predicted octanol–water partition coefficient (Wildman–Crippen LogP) is 2.24. The van der Waals surface area contributed by atoms with Gasteiger partial charge in [0.25, 0.3) is 5.91 Å². The molecule has 1 aromatic carbocycles. The minimum Gasteiger partial charge on any atom is -0.451 e. The fourth-order valence-corrected chi connectivity index (χ4v) is 2.56. The zero-order valence-corrected chi connectivity index (χ0v) is 11.0. The van der Waals surface area contributed by atoms with Crippen molar-refractivity contribution in [2.24, 2.45) is 11.7 Å². The fraction of sp³-hybridized carbons (Fsp3) is 0.400. The maximum atomic E-state index is 12.4. The molecule has 3 rings (SSSR count). The van der Waals surface area contributed by atoms with Gasteiger partial charge in [0.15, 0.2) is 5.76 Å². The number of hydrogen-bond donors (Lipinski definition) is 1. The quantitative estimate of drug-likeness (QED) is 0.915. The van der Waals surface area contributed by atoms with Gasteiger partial charge in [-0.05, 0) is 30.9 Å². The second-order valence-electron chi connectivity index (χ2n) is 5.21. The molecule has 0 spiro atoms. The average Bonchev–Trinajstić information content (AvgIpc) is 3.16. The molecule has 1 aromatic heterocycles. The van der Waals surface area contributed by atoms with E-state index in [0.717, 1.165) is 11.0 Å². The van der Waals surface area contributed by atoms with Crippen LogP contribution < -0.4 is 5.73 Å². The van der Waals surface area contributed by atoms with Gasteiger partial charge in [0.1, 0.15) is 5.58 Å². The van der Waals surface area contributed by atoms with Gasteiger partial charge in [-0.25, -0.2) is 0 Å². The van der Waals surface area contributed by atoms with Gasteiger partial charge in [0.05, 0.1) is 0 Å². The molecule has 0 aliphatic heterocycles. The summed E-state index contributed by atoms with van der Waals surface area (Å²) in [7, 11) is 1.81. The Morgan fingerprint density at radius 3 is 2.84 bits per heavy atom. The Balaban J connectivity index is 1.85. The Morgan fingerprint density at radius 2 is 2.21 bits per heavy atom. The van der Waals surface area contributed by atoms with Crippen LogP contribution in [0.15, 0.2) is 34.7 Å². The lowest BCUT2D eigenvalue weighted by atomic mass is 10.1. The molecule has 0 radical (unpaired) electrons. The highest BCUT2D eigenvalue weighted by Gasteiger charge is 2.35. The maximum absolute atomic E-state index is 12.4. The number of hydrogen-bond acceptors (Lipinski definition) is 3. The number of likely N-dealkylation sites (N-methyl/N-ethyl adjacent to an activating group) is 1. The van der Waals surface area contributed by atoms with Crippen molar-refractivity contribution in [3.63, 3.8) is 0 Å². The molecule has 1 unspecified atom stereocenters. The molecule has 4 nitrogen and oxygen atoms in total. The Morgan fingerprint density at radius 1 is 1.47 bits per heavy atom. The summed E-state index contributed by atoms with van der Waals surface area (Å²) in [6.07, 6.45) is 2.33. The van der Waals surface area contributed by atoms with Crippen LogP contribution in [0.1, 0.15) is 23.4 Å². The summed E-state index contributed by atoms with van der Waals surface area (Å²) in [5, 5.41) is 0.954. The van der Waals surface area contributed by atoms with Gasteiger partial charge in [-0.2, -0.15) is 0 Å². The van der Waals surface area contributed by atoms with Crippen molar-refractivity contribution < 1.29 is 9.21 Å². The third-order valence-electron chi connectivity index (χ3n) is 3.86. The topological polar surface area (TPSA) is 59.5 Å². The molecule has 1 amide bonds. The molecule has 4 heteroatoms. The molecule has 1 fully saturated rings. The highest BCUT2D eigenvalue weighted by molar-refractivity contribution is 5.96. The van der Waals surface area contributed by atoms with E-state index in [1.165, 1.54) is 12.8 Å². The first-order valence-corrected chi connectivity index (χ1v) is 6.66. The summed E-state index contributed by atoms with van der Waals surface area (Å²) in [5.74, 6) is 0.865. The van der Waals surface area contributed by atoms with Crippen LogP contribution in [-0.2, 0) is 0 Å². The predicted molar refractivity (Wildman–Crippen MR) is 73.9 cm³/mol. The normalized spacial score (nSPS) is 16.5. The lowest BCUT2D eigenvalue weighted by molar-refractivity contribution is 0.0689. The van der Waals surface area contributed by atoms with Crippen molar-refractivity contribution in [3.05, 3.63) is 36.1 Å². The highest BCUT2D eigenvalue weighted by Crippen LogP contribution is 2.35. The van der Waals surface area contributed by atoms with Gasteiger partial charge in [-0.3, -0.25) is 4.79 Å². The number of nitrogens with two attached hydrogens (primary N) is 1. The molecule has 100 valence electrons. The van der Waals surface area contributed by atoms with E-state index in [0.29, 0.717) is 18.2 Å². The highest BCUT2D eigenvalue weighted by atomic mass is 16.3. The number of fused-ring (bicyclic) bond motifs is 1. The molecule has 0 bridgehead atoms. The molecule has 0 saturated heterocycles. The van der Waals surface area contributed by atoms with Gasteiger partial charge < -0.3 is 15.1 Å². The fourth-order valence-electron chi connectivity index (χ4n) is 2.56. The van der Waals surface area contributed by atoms with Crippen LogP contribution in [0.5, 0.6) is 0 Å². The Labute approximate surface area is 112 Å². The van der Waals surface area contributed by atoms with Gasteiger partial charge in [0, 0.05) is 25.0 Å². The van der Waals surface area contributed by atoms with Crippen LogP contribution in [0, 0.1) is 5.92 Å². The van der Waals surface area contributed by atoms with Crippen LogP contribution in [-0.4, -0.2) is 30.4 Å². The van der Waals surface area contributed by atoms with Crippen LogP contribution >= 0.6 is 0 Å². The lowest BCUT2D eigenvalue weighted by Crippen LogP contribution is -2.43. The van der Waals surface area contributed by atoms with E-state index < -0.39 is 0 Å². The number of para-hydroxylation sites is 1.